The van der Waals surface area contributed by atoms with Crippen LogP contribution in [0, 0.1) is 0 Å². The summed E-state index contributed by atoms with van der Waals surface area (Å²) in [5.41, 5.74) is 6.87. The number of carbonyl (C=O) groups is 2. The van der Waals surface area contributed by atoms with E-state index in [1.807, 2.05) is 36.4 Å². The first-order valence-corrected chi connectivity index (χ1v) is 11.8. The standard InChI is InChI=1S/C28H28N2O5/c1-17(31)30-13-12-18-14-19(10-11-25(18)30)27(33)26(32)15-29-28(34)35-16-24-22-8-4-2-6-20(22)21-7-3-5-9-23(21)24/h2-11,14,24,26-27,32-33H,12-13,15-16H2,1H3,(H,29,34). The van der Waals surface area contributed by atoms with Gasteiger partial charge in [-0.1, -0.05) is 60.7 Å². The highest BCUT2D eigenvalue weighted by Crippen LogP contribution is 2.44. The van der Waals surface area contributed by atoms with E-state index in [2.05, 4.69) is 17.4 Å². The van der Waals surface area contributed by atoms with E-state index < -0.39 is 18.3 Å². The number of benzene rings is 3. The summed E-state index contributed by atoms with van der Waals surface area (Å²) in [6.45, 7) is 2.15. The second-order valence-corrected chi connectivity index (χ2v) is 9.03. The Bertz CT molecular complexity index is 1230. The van der Waals surface area contributed by atoms with Crippen LogP contribution in [0.15, 0.2) is 66.7 Å². The van der Waals surface area contributed by atoms with Gasteiger partial charge in [0.05, 0.1) is 0 Å². The largest absolute Gasteiger partial charge is 0.449 e. The Labute approximate surface area is 204 Å². The molecule has 1 aliphatic carbocycles. The molecule has 2 amide bonds. The molecule has 3 aromatic carbocycles. The maximum absolute atomic E-state index is 12.4. The van der Waals surface area contributed by atoms with Crippen LogP contribution in [0.4, 0.5) is 10.5 Å². The van der Waals surface area contributed by atoms with Crippen LogP contribution in [-0.2, 0) is 16.0 Å². The average molecular weight is 473 g/mol. The predicted molar refractivity (Wildman–Crippen MR) is 132 cm³/mol. The molecule has 2 atom stereocenters. The molecule has 0 saturated heterocycles. The lowest BCUT2D eigenvalue weighted by molar-refractivity contribution is -0.116. The molecule has 0 radical (unpaired) electrons. The van der Waals surface area contributed by atoms with Crippen LogP contribution in [0.25, 0.3) is 11.1 Å². The summed E-state index contributed by atoms with van der Waals surface area (Å²) in [7, 11) is 0. The molecule has 3 aromatic rings. The SMILES string of the molecule is CC(=O)N1CCc2cc(C(O)C(O)CNC(=O)OCC3c4ccccc4-c4ccccc43)ccc21. The monoisotopic (exact) mass is 472 g/mol. The number of rotatable bonds is 6. The van der Waals surface area contributed by atoms with Crippen molar-refractivity contribution in [2.24, 2.45) is 0 Å². The van der Waals surface area contributed by atoms with Crippen molar-refractivity contribution in [3.8, 4) is 11.1 Å². The van der Waals surface area contributed by atoms with Gasteiger partial charge in [0.2, 0.25) is 5.91 Å². The first-order chi connectivity index (χ1) is 16.9. The van der Waals surface area contributed by atoms with Crippen LogP contribution in [0.5, 0.6) is 0 Å². The van der Waals surface area contributed by atoms with Gasteiger partial charge in [-0.2, -0.15) is 0 Å². The molecule has 0 bridgehead atoms. The zero-order valence-electron chi connectivity index (χ0n) is 19.5. The van der Waals surface area contributed by atoms with Crippen molar-refractivity contribution in [3.63, 3.8) is 0 Å². The first kappa shape index (κ1) is 23.1. The molecule has 7 heteroatoms. The van der Waals surface area contributed by atoms with E-state index >= 15 is 0 Å². The summed E-state index contributed by atoms with van der Waals surface area (Å²) in [5.74, 6) is -0.0750. The molecule has 7 nitrogen and oxygen atoms in total. The second kappa shape index (κ2) is 9.52. The second-order valence-electron chi connectivity index (χ2n) is 9.03. The third-order valence-corrected chi connectivity index (χ3v) is 6.88. The average Bonchev–Trinajstić information content (AvgIpc) is 3.44. The van der Waals surface area contributed by atoms with Crippen molar-refractivity contribution < 1.29 is 24.5 Å². The number of carbonyl (C=O) groups excluding carboxylic acids is 2. The number of hydrogen-bond acceptors (Lipinski definition) is 5. The fraction of sp³-hybridized carbons (Fsp3) is 0.286. The summed E-state index contributed by atoms with van der Waals surface area (Å²) in [5, 5.41) is 23.6. The van der Waals surface area contributed by atoms with Crippen LogP contribution in [0.1, 0.15) is 41.2 Å². The van der Waals surface area contributed by atoms with Crippen molar-refractivity contribution in [2.45, 2.75) is 31.5 Å². The van der Waals surface area contributed by atoms with Gasteiger partial charge >= 0.3 is 6.09 Å². The fourth-order valence-electron chi connectivity index (χ4n) is 5.10. The number of hydrogen-bond donors (Lipinski definition) is 3. The van der Waals surface area contributed by atoms with Gasteiger partial charge in [-0.3, -0.25) is 4.79 Å². The van der Waals surface area contributed by atoms with Gasteiger partial charge in [-0.25, -0.2) is 4.79 Å². The van der Waals surface area contributed by atoms with Crippen LogP contribution < -0.4 is 10.2 Å². The maximum Gasteiger partial charge on any atom is 0.407 e. The number of ether oxygens (including phenoxy) is 1. The smallest absolute Gasteiger partial charge is 0.407 e. The van der Waals surface area contributed by atoms with E-state index in [1.165, 1.54) is 6.92 Å². The number of nitrogens with one attached hydrogen (secondary N) is 1. The van der Waals surface area contributed by atoms with Crippen molar-refractivity contribution in [1.29, 1.82) is 0 Å². The molecule has 0 spiro atoms. The van der Waals surface area contributed by atoms with Crippen LogP contribution >= 0.6 is 0 Å². The molecule has 3 N–H and O–H groups in total. The summed E-state index contributed by atoms with van der Waals surface area (Å²) >= 11 is 0. The molecule has 0 aromatic heterocycles. The molecule has 1 heterocycles. The van der Waals surface area contributed by atoms with Gasteiger partial charge < -0.3 is 25.2 Å². The molecular weight excluding hydrogens is 444 g/mol. The molecule has 35 heavy (non-hydrogen) atoms. The summed E-state index contributed by atoms with van der Waals surface area (Å²) in [6, 6.07) is 21.5. The Morgan fingerprint density at radius 3 is 2.34 bits per heavy atom. The Hall–Kier alpha value is -3.68. The highest BCUT2D eigenvalue weighted by atomic mass is 16.5. The lowest BCUT2D eigenvalue weighted by Gasteiger charge is -2.20. The number of aliphatic hydroxyl groups is 2. The minimum Gasteiger partial charge on any atom is -0.449 e. The molecule has 180 valence electrons. The topological polar surface area (TPSA) is 99.1 Å². The van der Waals surface area contributed by atoms with Gasteiger partial charge in [-0.15, -0.1) is 0 Å². The van der Waals surface area contributed by atoms with E-state index in [9.17, 15) is 19.8 Å². The van der Waals surface area contributed by atoms with Gasteiger partial charge in [0.1, 0.15) is 18.8 Å². The lowest BCUT2D eigenvalue weighted by Crippen LogP contribution is -2.36. The maximum atomic E-state index is 12.4. The van der Waals surface area contributed by atoms with Crippen molar-refractivity contribution in [1.82, 2.24) is 5.32 Å². The predicted octanol–water partition coefficient (Wildman–Crippen LogP) is 3.53. The highest BCUT2D eigenvalue weighted by Gasteiger charge is 2.29. The number of anilines is 1. The normalized spacial score (nSPS) is 15.7. The third-order valence-electron chi connectivity index (χ3n) is 6.88. The minimum absolute atomic E-state index is 0.0237. The van der Waals surface area contributed by atoms with E-state index in [0.717, 1.165) is 33.5 Å². The molecule has 0 saturated carbocycles. The number of aliphatic hydroxyl groups excluding tert-OH is 2. The first-order valence-electron chi connectivity index (χ1n) is 11.8. The van der Waals surface area contributed by atoms with Crippen LogP contribution in [-0.4, -0.2) is 48.0 Å². The summed E-state index contributed by atoms with van der Waals surface area (Å²) in [6.07, 6.45) is -2.34. The van der Waals surface area contributed by atoms with Crippen molar-refractivity contribution in [3.05, 3.63) is 89.0 Å². The van der Waals surface area contributed by atoms with Gasteiger partial charge in [0.25, 0.3) is 0 Å². The molecule has 2 unspecified atom stereocenters. The molecule has 5 rings (SSSR count). The summed E-state index contributed by atoms with van der Waals surface area (Å²) in [4.78, 5) is 25.8. The van der Waals surface area contributed by atoms with E-state index in [1.54, 1.807) is 23.1 Å². The fourth-order valence-corrected chi connectivity index (χ4v) is 5.10. The molecule has 1 aliphatic heterocycles. The van der Waals surface area contributed by atoms with Crippen LogP contribution in [0.2, 0.25) is 0 Å². The molecule has 2 aliphatic rings. The zero-order valence-corrected chi connectivity index (χ0v) is 19.5. The zero-order chi connectivity index (χ0) is 24.5. The quantitative estimate of drug-likeness (QED) is 0.510. The minimum atomic E-state index is -1.21. The van der Waals surface area contributed by atoms with Gasteiger partial charge in [0.15, 0.2) is 0 Å². The third kappa shape index (κ3) is 4.40. The van der Waals surface area contributed by atoms with Gasteiger partial charge in [-0.05, 0) is 45.9 Å². The van der Waals surface area contributed by atoms with E-state index in [-0.39, 0.29) is 25.0 Å². The van der Waals surface area contributed by atoms with Crippen LogP contribution in [0.3, 0.4) is 0 Å². The van der Waals surface area contributed by atoms with E-state index in [0.29, 0.717) is 18.5 Å². The number of nitrogens with zero attached hydrogens (tertiary/aromatic N) is 1. The van der Waals surface area contributed by atoms with E-state index in [4.69, 9.17) is 4.74 Å². The molecular formula is C28H28N2O5. The Kier molecular flexibility index (Phi) is 6.28. The number of fused-ring (bicyclic) bond motifs is 4. The Balaban J connectivity index is 1.17. The van der Waals surface area contributed by atoms with Crippen molar-refractivity contribution >= 4 is 17.7 Å². The molecule has 0 fully saturated rings. The Morgan fingerprint density at radius 2 is 1.69 bits per heavy atom. The number of amides is 2. The van der Waals surface area contributed by atoms with Crippen molar-refractivity contribution in [2.75, 3.05) is 24.6 Å². The highest BCUT2D eigenvalue weighted by molar-refractivity contribution is 5.93. The lowest BCUT2D eigenvalue weighted by atomic mass is 9.98. The Morgan fingerprint density at radius 1 is 1.03 bits per heavy atom. The van der Waals surface area contributed by atoms with Gasteiger partial charge in [0, 0.05) is 31.6 Å². The summed E-state index contributed by atoms with van der Waals surface area (Å²) < 4.78 is 5.49. The number of alkyl carbamates (subject to hydrolysis) is 1.